The molecule has 2 aliphatic heterocycles. The molecule has 0 aliphatic carbocycles. The molecule has 1 N–H and O–H groups in total. The van der Waals surface area contributed by atoms with Crippen LogP contribution in [0.5, 0.6) is 0 Å². The fourth-order valence-corrected chi connectivity index (χ4v) is 3.36. The van der Waals surface area contributed by atoms with E-state index in [1.807, 2.05) is 17.5 Å². The van der Waals surface area contributed by atoms with E-state index in [0.29, 0.717) is 0 Å². The molecule has 0 saturated carbocycles. The van der Waals surface area contributed by atoms with Gasteiger partial charge in [0.2, 0.25) is 0 Å². The Labute approximate surface area is 136 Å². The number of hydrogen-bond donors (Lipinski definition) is 1. The molecule has 0 amide bonds. The van der Waals surface area contributed by atoms with Crippen LogP contribution < -0.4 is 10.2 Å². The lowest BCUT2D eigenvalue weighted by Gasteiger charge is -2.27. The van der Waals surface area contributed by atoms with E-state index in [1.54, 1.807) is 0 Å². The highest BCUT2D eigenvalue weighted by atomic mass is 35.5. The molecule has 5 nitrogen and oxygen atoms in total. The maximum Gasteiger partial charge on any atom is 0.185 e. The average molecular weight is 341 g/mol. The number of thiazole rings is 1. The molecule has 0 atom stereocenters. The van der Waals surface area contributed by atoms with Crippen molar-refractivity contribution in [3.8, 4) is 0 Å². The Hall–Kier alpha value is -0.110. The van der Waals surface area contributed by atoms with Crippen LogP contribution in [-0.2, 0) is 11.3 Å². The molecule has 3 rings (SSSR count). The second-order valence-electron chi connectivity index (χ2n) is 4.73. The average Bonchev–Trinajstić information content (AvgIpc) is 2.89. The summed E-state index contributed by atoms with van der Waals surface area (Å²) >= 11 is 1.84. The number of ether oxygens (including phenoxy) is 1. The molecule has 20 heavy (non-hydrogen) atoms. The van der Waals surface area contributed by atoms with E-state index in [2.05, 4.69) is 20.1 Å². The van der Waals surface area contributed by atoms with Crippen molar-refractivity contribution in [3.63, 3.8) is 0 Å². The minimum Gasteiger partial charge on any atom is -0.379 e. The van der Waals surface area contributed by atoms with Crippen molar-refractivity contribution in [2.24, 2.45) is 0 Å². The summed E-state index contributed by atoms with van der Waals surface area (Å²) < 4.78 is 5.37. The Kier molecular flexibility index (Phi) is 8.09. The van der Waals surface area contributed by atoms with Gasteiger partial charge in [-0.25, -0.2) is 4.98 Å². The highest BCUT2D eigenvalue weighted by Crippen LogP contribution is 2.24. The fraction of sp³-hybridized carbons (Fsp3) is 0.750. The van der Waals surface area contributed by atoms with E-state index < -0.39 is 0 Å². The van der Waals surface area contributed by atoms with Gasteiger partial charge in [0, 0.05) is 56.9 Å². The van der Waals surface area contributed by atoms with Crippen LogP contribution in [-0.4, -0.2) is 62.4 Å². The predicted molar refractivity (Wildman–Crippen MR) is 87.8 cm³/mol. The zero-order valence-electron chi connectivity index (χ0n) is 11.4. The van der Waals surface area contributed by atoms with Crippen LogP contribution in [0.2, 0.25) is 0 Å². The molecule has 0 aromatic carbocycles. The third-order valence-electron chi connectivity index (χ3n) is 3.41. The lowest BCUT2D eigenvalue weighted by molar-refractivity contribution is 0.0346. The van der Waals surface area contributed by atoms with Gasteiger partial charge in [-0.3, -0.25) is 4.90 Å². The zero-order chi connectivity index (χ0) is 12.2. The monoisotopic (exact) mass is 340 g/mol. The Bertz CT molecular complexity index is 381. The van der Waals surface area contributed by atoms with Gasteiger partial charge in [-0.05, 0) is 0 Å². The largest absolute Gasteiger partial charge is 0.379 e. The number of rotatable bonds is 3. The first-order valence-corrected chi connectivity index (χ1v) is 7.44. The number of piperazine rings is 1. The first-order valence-electron chi connectivity index (χ1n) is 6.62. The number of anilines is 1. The molecular formula is C12H22Cl2N4OS. The minimum absolute atomic E-state index is 0. The number of nitrogens with one attached hydrogen (secondary N) is 1. The zero-order valence-corrected chi connectivity index (χ0v) is 13.9. The van der Waals surface area contributed by atoms with Crippen LogP contribution in [0.3, 0.4) is 0 Å². The van der Waals surface area contributed by atoms with Crippen molar-refractivity contribution in [1.29, 1.82) is 0 Å². The van der Waals surface area contributed by atoms with Gasteiger partial charge in [0.1, 0.15) is 0 Å². The molecule has 116 valence electrons. The normalized spacial score (nSPS) is 20.1. The van der Waals surface area contributed by atoms with Gasteiger partial charge >= 0.3 is 0 Å². The van der Waals surface area contributed by atoms with E-state index in [4.69, 9.17) is 4.74 Å². The fourth-order valence-electron chi connectivity index (χ4n) is 2.35. The Morgan fingerprint density at radius 2 is 1.85 bits per heavy atom. The molecule has 2 fully saturated rings. The Morgan fingerprint density at radius 3 is 2.55 bits per heavy atom. The highest BCUT2D eigenvalue weighted by molar-refractivity contribution is 7.15. The highest BCUT2D eigenvalue weighted by Gasteiger charge is 2.16. The number of nitrogens with zero attached hydrogens (tertiary/aromatic N) is 3. The van der Waals surface area contributed by atoms with Crippen molar-refractivity contribution in [2.75, 3.05) is 57.4 Å². The van der Waals surface area contributed by atoms with Crippen LogP contribution >= 0.6 is 36.2 Å². The summed E-state index contributed by atoms with van der Waals surface area (Å²) in [4.78, 5) is 10.8. The molecule has 0 unspecified atom stereocenters. The van der Waals surface area contributed by atoms with Crippen LogP contribution in [0.15, 0.2) is 6.20 Å². The van der Waals surface area contributed by atoms with E-state index in [9.17, 15) is 0 Å². The maximum absolute atomic E-state index is 5.37. The van der Waals surface area contributed by atoms with Gasteiger partial charge in [-0.15, -0.1) is 36.2 Å². The van der Waals surface area contributed by atoms with Crippen LogP contribution in [0.4, 0.5) is 5.13 Å². The van der Waals surface area contributed by atoms with Crippen molar-refractivity contribution in [1.82, 2.24) is 15.2 Å². The SMILES string of the molecule is Cl.Cl.c1nc(N2CCNCC2)sc1CN1CCOCC1. The molecule has 1 aromatic heterocycles. The van der Waals surface area contributed by atoms with Crippen LogP contribution in [0.1, 0.15) is 4.88 Å². The first-order chi connectivity index (χ1) is 8.92. The van der Waals surface area contributed by atoms with Gasteiger partial charge in [0.05, 0.1) is 13.2 Å². The number of hydrogen-bond acceptors (Lipinski definition) is 6. The Balaban J connectivity index is 0.000001000. The van der Waals surface area contributed by atoms with Gasteiger partial charge in [-0.1, -0.05) is 0 Å². The quantitative estimate of drug-likeness (QED) is 0.896. The third kappa shape index (κ3) is 4.72. The third-order valence-corrected chi connectivity index (χ3v) is 4.45. The van der Waals surface area contributed by atoms with Gasteiger partial charge < -0.3 is 15.0 Å². The lowest BCUT2D eigenvalue weighted by Crippen LogP contribution is -2.43. The van der Waals surface area contributed by atoms with Gasteiger partial charge in [0.25, 0.3) is 0 Å². The van der Waals surface area contributed by atoms with Crippen LogP contribution in [0.25, 0.3) is 0 Å². The summed E-state index contributed by atoms with van der Waals surface area (Å²) in [6.45, 7) is 9.12. The van der Waals surface area contributed by atoms with E-state index in [1.165, 1.54) is 10.0 Å². The van der Waals surface area contributed by atoms with E-state index >= 15 is 0 Å². The lowest BCUT2D eigenvalue weighted by atomic mass is 10.4. The molecule has 0 spiro atoms. The molecule has 8 heteroatoms. The molecular weight excluding hydrogens is 319 g/mol. The second kappa shape index (κ2) is 9.02. The Morgan fingerprint density at radius 1 is 1.15 bits per heavy atom. The summed E-state index contributed by atoms with van der Waals surface area (Å²) in [7, 11) is 0. The van der Waals surface area contributed by atoms with Gasteiger partial charge in [0.15, 0.2) is 5.13 Å². The number of morpholine rings is 1. The molecule has 3 heterocycles. The standard InChI is InChI=1S/C12H20N4OS.2ClH/c1-3-16(4-2-13-1)12-14-9-11(18-12)10-15-5-7-17-8-6-15;;/h9,13H,1-8,10H2;2*1H. The minimum atomic E-state index is 0. The smallest absolute Gasteiger partial charge is 0.185 e. The predicted octanol–water partition coefficient (Wildman–Crippen LogP) is 1.23. The summed E-state index contributed by atoms with van der Waals surface area (Å²) in [6, 6.07) is 0. The van der Waals surface area contributed by atoms with Gasteiger partial charge in [-0.2, -0.15) is 0 Å². The molecule has 0 bridgehead atoms. The molecule has 2 aliphatic rings. The van der Waals surface area contributed by atoms with Crippen molar-refractivity contribution in [3.05, 3.63) is 11.1 Å². The molecule has 0 radical (unpaired) electrons. The van der Waals surface area contributed by atoms with Crippen molar-refractivity contribution >= 4 is 41.3 Å². The van der Waals surface area contributed by atoms with E-state index in [-0.39, 0.29) is 24.8 Å². The number of halogens is 2. The topological polar surface area (TPSA) is 40.6 Å². The summed E-state index contributed by atoms with van der Waals surface area (Å²) in [6.07, 6.45) is 2.04. The van der Waals surface area contributed by atoms with Crippen molar-refractivity contribution in [2.45, 2.75) is 6.54 Å². The van der Waals surface area contributed by atoms with Crippen LogP contribution in [0, 0.1) is 0 Å². The maximum atomic E-state index is 5.37. The summed E-state index contributed by atoms with van der Waals surface area (Å²) in [5, 5.41) is 4.55. The first kappa shape index (κ1) is 17.9. The molecule has 1 aromatic rings. The van der Waals surface area contributed by atoms with Crippen molar-refractivity contribution < 1.29 is 4.74 Å². The number of aromatic nitrogens is 1. The summed E-state index contributed by atoms with van der Waals surface area (Å²) in [5.41, 5.74) is 0. The summed E-state index contributed by atoms with van der Waals surface area (Å²) in [5.74, 6) is 0. The second-order valence-corrected chi connectivity index (χ2v) is 5.83. The van der Waals surface area contributed by atoms with E-state index in [0.717, 1.165) is 59.0 Å². The molecule has 2 saturated heterocycles.